The summed E-state index contributed by atoms with van der Waals surface area (Å²) in [6, 6.07) is 4.19. The number of rotatable bonds is 2. The highest BCUT2D eigenvalue weighted by Gasteiger charge is 2.29. The van der Waals surface area contributed by atoms with Crippen LogP contribution in [0.25, 0.3) is 0 Å². The van der Waals surface area contributed by atoms with Gasteiger partial charge in [0.15, 0.2) is 0 Å². The maximum absolute atomic E-state index is 12.1. The van der Waals surface area contributed by atoms with E-state index in [1.807, 2.05) is 17.0 Å². The summed E-state index contributed by atoms with van der Waals surface area (Å²) in [5, 5.41) is 0.880. The maximum atomic E-state index is 12.1. The summed E-state index contributed by atoms with van der Waals surface area (Å²) in [5.41, 5.74) is 0. The van der Waals surface area contributed by atoms with E-state index in [1.54, 1.807) is 0 Å². The Kier molecular flexibility index (Phi) is 3.85. The van der Waals surface area contributed by atoms with Gasteiger partial charge in [-0.25, -0.2) is 0 Å². The minimum absolute atomic E-state index is 0.174. The zero-order valence-electron chi connectivity index (χ0n) is 8.08. The minimum atomic E-state index is 0.174. The van der Waals surface area contributed by atoms with Crippen LogP contribution in [0.2, 0.25) is 0 Å². The molecule has 1 aromatic heterocycles. The third-order valence-electron chi connectivity index (χ3n) is 2.60. The Morgan fingerprint density at radius 2 is 2.40 bits per heavy atom. The highest BCUT2D eigenvalue weighted by molar-refractivity contribution is 9.11. The Morgan fingerprint density at radius 1 is 1.60 bits per heavy atom. The van der Waals surface area contributed by atoms with E-state index in [1.165, 1.54) is 11.3 Å². The van der Waals surface area contributed by atoms with E-state index >= 15 is 0 Å². The summed E-state index contributed by atoms with van der Waals surface area (Å²) in [5.74, 6) is 0.174. The van der Waals surface area contributed by atoms with Crippen LogP contribution in [-0.4, -0.2) is 28.7 Å². The number of carbonyl (C=O) groups excluding carboxylic acids is 1. The first-order valence-corrected chi connectivity index (χ1v) is 7.57. The van der Waals surface area contributed by atoms with Gasteiger partial charge in [-0.05, 0) is 40.9 Å². The second-order valence-corrected chi connectivity index (χ2v) is 6.66. The molecule has 15 heavy (non-hydrogen) atoms. The van der Waals surface area contributed by atoms with E-state index in [9.17, 15) is 4.79 Å². The van der Waals surface area contributed by atoms with Crippen molar-refractivity contribution in [2.24, 2.45) is 0 Å². The van der Waals surface area contributed by atoms with Crippen molar-refractivity contribution >= 4 is 49.1 Å². The highest BCUT2D eigenvalue weighted by atomic mass is 79.9. The standard InChI is InChI=1S/C10H11Br2NOS/c11-6-7-2-1-5-13(7)10(14)8-3-4-9(12)15-8/h3-4,7H,1-2,5-6H2. The van der Waals surface area contributed by atoms with Crippen molar-refractivity contribution in [2.45, 2.75) is 18.9 Å². The monoisotopic (exact) mass is 351 g/mol. The van der Waals surface area contributed by atoms with Gasteiger partial charge in [-0.1, -0.05) is 15.9 Å². The highest BCUT2D eigenvalue weighted by Crippen LogP contribution is 2.27. The summed E-state index contributed by atoms with van der Waals surface area (Å²) < 4.78 is 1.01. The molecular weight excluding hydrogens is 342 g/mol. The quantitative estimate of drug-likeness (QED) is 0.746. The lowest BCUT2D eigenvalue weighted by Gasteiger charge is -2.22. The maximum Gasteiger partial charge on any atom is 0.264 e. The molecule has 0 bridgehead atoms. The van der Waals surface area contributed by atoms with Gasteiger partial charge in [-0.15, -0.1) is 11.3 Å². The number of halogens is 2. The molecule has 2 rings (SSSR count). The first-order valence-electron chi connectivity index (χ1n) is 4.84. The smallest absolute Gasteiger partial charge is 0.264 e. The van der Waals surface area contributed by atoms with Crippen LogP contribution in [-0.2, 0) is 0 Å². The zero-order valence-corrected chi connectivity index (χ0v) is 12.1. The Morgan fingerprint density at radius 3 is 3.00 bits per heavy atom. The Bertz CT molecular complexity index is 366. The van der Waals surface area contributed by atoms with Crippen LogP contribution < -0.4 is 0 Å². The SMILES string of the molecule is O=C(c1ccc(Br)s1)N1CCCC1CBr. The summed E-state index contributed by atoms with van der Waals surface area (Å²) >= 11 is 8.35. The summed E-state index contributed by atoms with van der Waals surface area (Å²) in [6.07, 6.45) is 2.23. The molecule has 1 aliphatic heterocycles. The van der Waals surface area contributed by atoms with Crippen LogP contribution in [0, 0.1) is 0 Å². The number of amides is 1. The fourth-order valence-corrected chi connectivity index (χ4v) is 3.85. The second-order valence-electron chi connectivity index (χ2n) is 3.55. The molecular formula is C10H11Br2NOS. The lowest BCUT2D eigenvalue weighted by Crippen LogP contribution is -2.35. The third kappa shape index (κ3) is 2.45. The summed E-state index contributed by atoms with van der Waals surface area (Å²) in [6.45, 7) is 0.893. The van der Waals surface area contributed by atoms with Crippen molar-refractivity contribution in [2.75, 3.05) is 11.9 Å². The number of thiophene rings is 1. The average Bonchev–Trinajstić information content (AvgIpc) is 2.84. The van der Waals surface area contributed by atoms with Crippen LogP contribution >= 0.6 is 43.2 Å². The Balaban J connectivity index is 2.13. The van der Waals surface area contributed by atoms with E-state index in [4.69, 9.17) is 0 Å². The van der Waals surface area contributed by atoms with E-state index in [0.29, 0.717) is 6.04 Å². The lowest BCUT2D eigenvalue weighted by atomic mass is 10.2. The molecule has 5 heteroatoms. The number of carbonyl (C=O) groups is 1. The molecule has 0 aromatic carbocycles. The first kappa shape index (κ1) is 11.6. The molecule has 1 saturated heterocycles. The minimum Gasteiger partial charge on any atom is -0.334 e. The van der Waals surface area contributed by atoms with Crippen LogP contribution in [0.15, 0.2) is 15.9 Å². The van der Waals surface area contributed by atoms with Gasteiger partial charge in [0.2, 0.25) is 0 Å². The van der Waals surface area contributed by atoms with Crippen molar-refractivity contribution in [3.63, 3.8) is 0 Å². The normalized spacial score (nSPS) is 20.9. The number of likely N-dealkylation sites (tertiary alicyclic amines) is 1. The fraction of sp³-hybridized carbons (Fsp3) is 0.500. The molecule has 1 aliphatic rings. The number of nitrogens with zero attached hydrogens (tertiary/aromatic N) is 1. The molecule has 2 nitrogen and oxygen atoms in total. The number of hydrogen-bond acceptors (Lipinski definition) is 2. The topological polar surface area (TPSA) is 20.3 Å². The van der Waals surface area contributed by atoms with Gasteiger partial charge in [0.25, 0.3) is 5.91 Å². The molecule has 0 saturated carbocycles. The van der Waals surface area contributed by atoms with Crippen LogP contribution in [0.4, 0.5) is 0 Å². The van der Waals surface area contributed by atoms with Crippen LogP contribution in [0.1, 0.15) is 22.5 Å². The third-order valence-corrected chi connectivity index (χ3v) is 4.96. The van der Waals surface area contributed by atoms with Gasteiger partial charge in [-0.3, -0.25) is 4.79 Å². The second kappa shape index (κ2) is 4.97. The molecule has 0 spiro atoms. The van der Waals surface area contributed by atoms with Crippen molar-refractivity contribution < 1.29 is 4.79 Å². The average molecular weight is 353 g/mol. The van der Waals surface area contributed by atoms with Crippen LogP contribution in [0.3, 0.4) is 0 Å². The molecule has 1 aromatic rings. The molecule has 1 unspecified atom stereocenters. The molecule has 0 aliphatic carbocycles. The molecule has 2 heterocycles. The van der Waals surface area contributed by atoms with Gasteiger partial charge in [0.1, 0.15) is 0 Å². The van der Waals surface area contributed by atoms with Crippen molar-refractivity contribution in [1.82, 2.24) is 4.90 Å². The largest absolute Gasteiger partial charge is 0.334 e. The lowest BCUT2D eigenvalue weighted by molar-refractivity contribution is 0.0755. The molecule has 0 radical (unpaired) electrons. The fourth-order valence-electron chi connectivity index (χ4n) is 1.83. The van der Waals surface area contributed by atoms with Crippen LogP contribution in [0.5, 0.6) is 0 Å². The predicted molar refractivity (Wildman–Crippen MR) is 69.9 cm³/mol. The predicted octanol–water partition coefficient (Wildman–Crippen LogP) is 3.51. The van der Waals surface area contributed by atoms with E-state index < -0.39 is 0 Å². The van der Waals surface area contributed by atoms with Gasteiger partial charge in [0, 0.05) is 17.9 Å². The van der Waals surface area contributed by atoms with Gasteiger partial charge < -0.3 is 4.90 Å². The summed E-state index contributed by atoms with van der Waals surface area (Å²) in [4.78, 5) is 14.9. The van der Waals surface area contributed by atoms with Gasteiger partial charge >= 0.3 is 0 Å². The Hall–Kier alpha value is 0.130. The molecule has 1 fully saturated rings. The Labute approximate surface area is 110 Å². The van der Waals surface area contributed by atoms with Crippen molar-refractivity contribution in [3.8, 4) is 0 Å². The summed E-state index contributed by atoms with van der Waals surface area (Å²) in [7, 11) is 0. The first-order chi connectivity index (χ1) is 7.22. The van der Waals surface area contributed by atoms with Crippen molar-refractivity contribution in [1.29, 1.82) is 0 Å². The van der Waals surface area contributed by atoms with E-state index in [-0.39, 0.29) is 5.91 Å². The van der Waals surface area contributed by atoms with E-state index in [2.05, 4.69) is 31.9 Å². The number of alkyl halides is 1. The molecule has 0 N–H and O–H groups in total. The zero-order chi connectivity index (χ0) is 10.8. The van der Waals surface area contributed by atoms with Crippen molar-refractivity contribution in [3.05, 3.63) is 20.8 Å². The van der Waals surface area contributed by atoms with Gasteiger partial charge in [-0.2, -0.15) is 0 Å². The van der Waals surface area contributed by atoms with Gasteiger partial charge in [0.05, 0.1) is 8.66 Å². The molecule has 82 valence electrons. The molecule has 1 atom stereocenters. The number of hydrogen-bond donors (Lipinski definition) is 0. The molecule has 1 amide bonds. The van der Waals surface area contributed by atoms with E-state index in [0.717, 1.165) is 33.4 Å².